The monoisotopic (exact) mass is 219 g/mol. The first-order valence-electron chi connectivity index (χ1n) is 5.23. The van der Waals surface area contributed by atoms with Crippen LogP contribution < -0.4 is 5.32 Å². The molecule has 0 aliphatic heterocycles. The lowest BCUT2D eigenvalue weighted by Gasteiger charge is -2.17. The summed E-state index contributed by atoms with van der Waals surface area (Å²) in [6.45, 7) is 0.629. The summed E-state index contributed by atoms with van der Waals surface area (Å²) >= 11 is 5.86. The van der Waals surface area contributed by atoms with Gasteiger partial charge in [-0.1, -0.05) is 29.7 Å². The van der Waals surface area contributed by atoms with Gasteiger partial charge in [0.1, 0.15) is 0 Å². The number of hydrogen-bond acceptors (Lipinski definition) is 1. The van der Waals surface area contributed by atoms with Gasteiger partial charge in [0, 0.05) is 11.1 Å². The molecule has 1 nitrogen and oxygen atoms in total. The molecule has 0 spiro atoms. The van der Waals surface area contributed by atoms with Crippen molar-refractivity contribution < 1.29 is 0 Å². The molecule has 1 N–H and O–H groups in total. The molecule has 2 rings (SSSR count). The zero-order valence-electron chi connectivity index (χ0n) is 8.54. The Labute approximate surface area is 95.8 Å². The fourth-order valence-electron chi connectivity index (χ4n) is 1.83. The van der Waals surface area contributed by atoms with E-state index in [9.17, 15) is 0 Å². The molecule has 0 heterocycles. The summed E-state index contributed by atoms with van der Waals surface area (Å²) in [7, 11) is 0. The molecule has 1 aromatic rings. The molecular formula is C13H14ClN. The van der Waals surface area contributed by atoms with Crippen molar-refractivity contribution in [2.75, 3.05) is 6.54 Å². The van der Waals surface area contributed by atoms with Crippen LogP contribution in [0.4, 0.5) is 0 Å². The molecule has 15 heavy (non-hydrogen) atoms. The van der Waals surface area contributed by atoms with Crippen LogP contribution in [0.3, 0.4) is 0 Å². The second-order valence-electron chi connectivity index (χ2n) is 3.95. The number of hydrogen-bond donors (Lipinski definition) is 1. The van der Waals surface area contributed by atoms with Crippen LogP contribution in [0.15, 0.2) is 24.3 Å². The van der Waals surface area contributed by atoms with E-state index in [0.29, 0.717) is 12.6 Å². The van der Waals surface area contributed by atoms with Crippen LogP contribution >= 0.6 is 11.6 Å². The summed E-state index contributed by atoms with van der Waals surface area (Å²) in [5, 5.41) is 4.17. The van der Waals surface area contributed by atoms with Crippen molar-refractivity contribution in [3.63, 3.8) is 0 Å². The van der Waals surface area contributed by atoms with Crippen LogP contribution in [0.5, 0.6) is 0 Å². The Hall–Kier alpha value is -0.970. The molecular weight excluding hydrogens is 206 g/mol. The van der Waals surface area contributed by atoms with Gasteiger partial charge in [-0.05, 0) is 36.5 Å². The quantitative estimate of drug-likeness (QED) is 0.768. The Morgan fingerprint density at radius 1 is 1.40 bits per heavy atom. The zero-order chi connectivity index (χ0) is 10.7. The van der Waals surface area contributed by atoms with Crippen molar-refractivity contribution in [1.29, 1.82) is 0 Å². The van der Waals surface area contributed by atoms with Crippen molar-refractivity contribution in [2.24, 2.45) is 5.92 Å². The second kappa shape index (κ2) is 4.70. The molecule has 0 bridgehead atoms. The Morgan fingerprint density at radius 3 is 2.60 bits per heavy atom. The molecule has 0 saturated heterocycles. The maximum atomic E-state index is 5.86. The van der Waals surface area contributed by atoms with Gasteiger partial charge < -0.3 is 0 Å². The average molecular weight is 220 g/mol. The average Bonchev–Trinajstić information content (AvgIpc) is 3.05. The minimum Gasteiger partial charge on any atom is -0.299 e. The van der Waals surface area contributed by atoms with Gasteiger partial charge in [-0.3, -0.25) is 5.32 Å². The molecule has 1 unspecified atom stereocenters. The van der Waals surface area contributed by atoms with Gasteiger partial charge in [-0.25, -0.2) is 0 Å². The van der Waals surface area contributed by atoms with Crippen molar-refractivity contribution in [3.8, 4) is 12.3 Å². The van der Waals surface area contributed by atoms with Crippen LogP contribution in [-0.2, 0) is 0 Å². The van der Waals surface area contributed by atoms with Crippen molar-refractivity contribution in [1.82, 2.24) is 5.32 Å². The first-order chi connectivity index (χ1) is 7.31. The predicted molar refractivity (Wildman–Crippen MR) is 63.8 cm³/mol. The van der Waals surface area contributed by atoms with E-state index in [4.69, 9.17) is 18.0 Å². The van der Waals surface area contributed by atoms with Gasteiger partial charge in [-0.15, -0.1) is 6.42 Å². The van der Waals surface area contributed by atoms with Crippen molar-refractivity contribution >= 4 is 11.6 Å². The molecule has 1 fully saturated rings. The minimum atomic E-state index is 0.401. The second-order valence-corrected chi connectivity index (χ2v) is 4.39. The molecule has 0 aromatic heterocycles. The maximum absolute atomic E-state index is 5.86. The number of terminal acetylenes is 1. The van der Waals surface area contributed by atoms with Crippen LogP contribution in [0.2, 0.25) is 5.02 Å². The van der Waals surface area contributed by atoms with Gasteiger partial charge in [0.2, 0.25) is 0 Å². The van der Waals surface area contributed by atoms with E-state index < -0.39 is 0 Å². The summed E-state index contributed by atoms with van der Waals surface area (Å²) < 4.78 is 0. The molecule has 1 aliphatic rings. The molecule has 2 heteroatoms. The molecule has 78 valence electrons. The minimum absolute atomic E-state index is 0.401. The standard InChI is InChI=1S/C13H14ClN/c1-2-9-15-13(10-3-4-10)11-5-7-12(14)8-6-11/h1,5-8,10,13,15H,3-4,9H2. The largest absolute Gasteiger partial charge is 0.299 e. The Morgan fingerprint density at radius 2 is 2.07 bits per heavy atom. The lowest BCUT2D eigenvalue weighted by Crippen LogP contribution is -2.23. The van der Waals surface area contributed by atoms with E-state index in [1.807, 2.05) is 12.1 Å². The smallest absolute Gasteiger partial charge is 0.0578 e. The molecule has 1 saturated carbocycles. The van der Waals surface area contributed by atoms with Crippen LogP contribution in [0.1, 0.15) is 24.4 Å². The van der Waals surface area contributed by atoms with E-state index >= 15 is 0 Å². The summed E-state index contributed by atoms with van der Waals surface area (Å²) in [6.07, 6.45) is 7.86. The van der Waals surface area contributed by atoms with Gasteiger partial charge in [0.15, 0.2) is 0 Å². The van der Waals surface area contributed by atoms with Crippen LogP contribution in [0.25, 0.3) is 0 Å². The van der Waals surface area contributed by atoms with Gasteiger partial charge in [-0.2, -0.15) is 0 Å². The van der Waals surface area contributed by atoms with E-state index in [2.05, 4.69) is 23.4 Å². The third kappa shape index (κ3) is 2.75. The molecule has 0 amide bonds. The normalized spacial score (nSPS) is 17.1. The summed E-state index contributed by atoms with van der Waals surface area (Å²) in [5.74, 6) is 3.37. The predicted octanol–water partition coefficient (Wildman–Crippen LogP) is 3.01. The first kappa shape index (κ1) is 10.5. The highest BCUT2D eigenvalue weighted by Gasteiger charge is 2.31. The number of benzene rings is 1. The molecule has 1 atom stereocenters. The fraction of sp³-hybridized carbons (Fsp3) is 0.385. The Balaban J connectivity index is 2.10. The van der Waals surface area contributed by atoms with E-state index in [1.54, 1.807) is 0 Å². The van der Waals surface area contributed by atoms with Crippen LogP contribution in [0, 0.1) is 18.3 Å². The van der Waals surface area contributed by atoms with E-state index in [-0.39, 0.29) is 0 Å². The van der Waals surface area contributed by atoms with E-state index in [1.165, 1.54) is 18.4 Å². The fourth-order valence-corrected chi connectivity index (χ4v) is 1.95. The molecule has 0 radical (unpaired) electrons. The number of halogens is 1. The lowest BCUT2D eigenvalue weighted by molar-refractivity contribution is 0.511. The van der Waals surface area contributed by atoms with Gasteiger partial charge in [0.05, 0.1) is 6.54 Å². The number of nitrogens with one attached hydrogen (secondary N) is 1. The third-order valence-corrected chi connectivity index (χ3v) is 3.00. The highest BCUT2D eigenvalue weighted by atomic mass is 35.5. The number of rotatable bonds is 4. The first-order valence-corrected chi connectivity index (χ1v) is 5.61. The Bertz CT molecular complexity index is 359. The maximum Gasteiger partial charge on any atom is 0.0578 e. The van der Waals surface area contributed by atoms with E-state index in [0.717, 1.165) is 10.9 Å². The Kier molecular flexibility index (Phi) is 3.30. The summed E-state index contributed by atoms with van der Waals surface area (Å²) in [4.78, 5) is 0. The van der Waals surface area contributed by atoms with Gasteiger partial charge in [0.25, 0.3) is 0 Å². The van der Waals surface area contributed by atoms with Crippen molar-refractivity contribution in [2.45, 2.75) is 18.9 Å². The summed E-state index contributed by atoms with van der Waals surface area (Å²) in [6, 6.07) is 8.43. The topological polar surface area (TPSA) is 12.0 Å². The molecule has 1 aliphatic carbocycles. The lowest BCUT2D eigenvalue weighted by atomic mass is 10.0. The summed E-state index contributed by atoms with van der Waals surface area (Å²) in [5.41, 5.74) is 1.29. The molecule has 1 aromatic carbocycles. The highest BCUT2D eigenvalue weighted by molar-refractivity contribution is 6.30. The highest BCUT2D eigenvalue weighted by Crippen LogP contribution is 2.41. The van der Waals surface area contributed by atoms with Gasteiger partial charge >= 0.3 is 0 Å². The third-order valence-electron chi connectivity index (χ3n) is 2.75. The SMILES string of the molecule is C#CCNC(c1ccc(Cl)cc1)C1CC1. The van der Waals surface area contributed by atoms with Crippen molar-refractivity contribution in [3.05, 3.63) is 34.9 Å². The van der Waals surface area contributed by atoms with Crippen LogP contribution in [-0.4, -0.2) is 6.54 Å². The zero-order valence-corrected chi connectivity index (χ0v) is 9.30.